The van der Waals surface area contributed by atoms with E-state index in [9.17, 15) is 13.2 Å². The Morgan fingerprint density at radius 3 is 2.34 bits per heavy atom. The highest BCUT2D eigenvalue weighted by molar-refractivity contribution is 7.89. The van der Waals surface area contributed by atoms with Crippen molar-refractivity contribution in [3.63, 3.8) is 0 Å². The molecule has 3 rings (SSSR count). The molecule has 32 heavy (non-hydrogen) atoms. The van der Waals surface area contributed by atoms with Gasteiger partial charge in [-0.25, -0.2) is 8.42 Å². The molecule has 0 saturated heterocycles. The number of likely N-dealkylation sites (N-methyl/N-ethyl adjacent to an activating group) is 1. The second kappa shape index (κ2) is 10.4. The first-order valence-corrected chi connectivity index (χ1v) is 11.8. The molecule has 0 aliphatic rings. The van der Waals surface area contributed by atoms with Crippen molar-refractivity contribution in [3.8, 4) is 5.75 Å². The summed E-state index contributed by atoms with van der Waals surface area (Å²) in [5, 5.41) is 0.754. The number of carbonyl (C=O) groups excluding carboxylic acids is 1. The normalized spacial score (nSPS) is 11.4. The van der Waals surface area contributed by atoms with Crippen molar-refractivity contribution in [3.05, 3.63) is 88.4 Å². The van der Waals surface area contributed by atoms with Gasteiger partial charge in [-0.05, 0) is 42.0 Å². The van der Waals surface area contributed by atoms with Crippen LogP contribution in [0.4, 0.5) is 5.69 Å². The van der Waals surface area contributed by atoms with Crippen LogP contribution in [0.15, 0.2) is 77.7 Å². The average molecular weight is 493 g/mol. The monoisotopic (exact) mass is 492 g/mol. The molecule has 0 atom stereocenters. The fourth-order valence-electron chi connectivity index (χ4n) is 3.03. The highest BCUT2D eigenvalue weighted by atomic mass is 35.5. The van der Waals surface area contributed by atoms with Crippen molar-refractivity contribution < 1.29 is 17.9 Å². The largest absolute Gasteiger partial charge is 0.497 e. The van der Waals surface area contributed by atoms with E-state index < -0.39 is 15.9 Å². The van der Waals surface area contributed by atoms with Gasteiger partial charge in [-0.1, -0.05) is 53.5 Å². The van der Waals surface area contributed by atoms with E-state index in [-0.39, 0.29) is 18.0 Å². The number of sulfonamides is 1. The van der Waals surface area contributed by atoms with Crippen LogP contribution in [0.1, 0.15) is 5.56 Å². The Kier molecular flexibility index (Phi) is 7.79. The van der Waals surface area contributed by atoms with Gasteiger partial charge < -0.3 is 9.64 Å². The highest BCUT2D eigenvalue weighted by Crippen LogP contribution is 2.26. The topological polar surface area (TPSA) is 66.9 Å². The third-order valence-electron chi connectivity index (χ3n) is 4.87. The van der Waals surface area contributed by atoms with Crippen molar-refractivity contribution in [2.45, 2.75) is 11.4 Å². The fourth-order valence-corrected chi connectivity index (χ4v) is 4.88. The first-order chi connectivity index (χ1) is 15.2. The molecule has 0 unspecified atom stereocenters. The molecule has 0 fully saturated rings. The quantitative estimate of drug-likeness (QED) is 0.450. The van der Waals surface area contributed by atoms with Crippen molar-refractivity contribution in [1.82, 2.24) is 4.31 Å². The predicted molar refractivity (Wildman–Crippen MR) is 127 cm³/mol. The molecule has 0 N–H and O–H groups in total. The number of halogens is 2. The van der Waals surface area contributed by atoms with E-state index in [1.807, 2.05) is 0 Å². The molecule has 0 heterocycles. The Morgan fingerprint density at radius 1 is 0.969 bits per heavy atom. The maximum absolute atomic E-state index is 13.4. The number of anilines is 1. The SMILES string of the molecule is COc1cccc(N(C)C(=O)CN(Cc2ccc(Cl)cc2Cl)S(=O)(=O)c2ccccc2)c1. The second-order valence-electron chi connectivity index (χ2n) is 6.98. The summed E-state index contributed by atoms with van der Waals surface area (Å²) in [7, 11) is -0.865. The zero-order valence-corrected chi connectivity index (χ0v) is 19.9. The Balaban J connectivity index is 1.93. The van der Waals surface area contributed by atoms with Crippen LogP contribution in [0.5, 0.6) is 5.75 Å². The number of rotatable bonds is 8. The first kappa shape index (κ1) is 24.1. The van der Waals surface area contributed by atoms with Crippen LogP contribution in [0.2, 0.25) is 10.0 Å². The number of methoxy groups -OCH3 is 1. The van der Waals surface area contributed by atoms with Crippen LogP contribution in [-0.2, 0) is 21.4 Å². The highest BCUT2D eigenvalue weighted by Gasteiger charge is 2.29. The molecule has 0 aromatic heterocycles. The maximum atomic E-state index is 13.4. The lowest BCUT2D eigenvalue weighted by atomic mass is 10.2. The first-order valence-electron chi connectivity index (χ1n) is 9.62. The number of carbonyl (C=O) groups is 1. The Labute approximate surface area is 198 Å². The van der Waals surface area contributed by atoms with Gasteiger partial charge >= 0.3 is 0 Å². The lowest BCUT2D eigenvalue weighted by molar-refractivity contribution is -0.118. The lowest BCUT2D eigenvalue weighted by Gasteiger charge is -2.25. The zero-order chi connectivity index (χ0) is 23.3. The Bertz CT molecular complexity index is 1200. The van der Waals surface area contributed by atoms with E-state index >= 15 is 0 Å². The van der Waals surface area contributed by atoms with E-state index in [1.165, 1.54) is 30.2 Å². The maximum Gasteiger partial charge on any atom is 0.243 e. The molecular weight excluding hydrogens is 471 g/mol. The van der Waals surface area contributed by atoms with Crippen LogP contribution in [-0.4, -0.2) is 39.3 Å². The van der Waals surface area contributed by atoms with Gasteiger partial charge in [0.25, 0.3) is 0 Å². The molecule has 0 radical (unpaired) electrons. The summed E-state index contributed by atoms with van der Waals surface area (Å²) >= 11 is 12.3. The number of hydrogen-bond donors (Lipinski definition) is 0. The zero-order valence-electron chi connectivity index (χ0n) is 17.5. The number of amides is 1. The summed E-state index contributed by atoms with van der Waals surface area (Å²) in [4.78, 5) is 14.6. The summed E-state index contributed by atoms with van der Waals surface area (Å²) < 4.78 is 33.1. The molecule has 1 amide bonds. The minimum atomic E-state index is -3.98. The van der Waals surface area contributed by atoms with Crippen LogP contribution in [0.25, 0.3) is 0 Å². The molecular formula is C23H22Cl2N2O4S. The summed E-state index contributed by atoms with van der Waals surface area (Å²) in [5.41, 5.74) is 1.11. The summed E-state index contributed by atoms with van der Waals surface area (Å²) in [6.45, 7) is -0.477. The van der Waals surface area contributed by atoms with Crippen LogP contribution >= 0.6 is 23.2 Å². The average Bonchev–Trinajstić information content (AvgIpc) is 2.80. The standard InChI is InChI=1S/C23H22Cl2N2O4S/c1-26(19-7-6-8-20(14-19)31-2)23(28)16-27(15-17-11-12-18(24)13-22(17)25)32(29,30)21-9-4-3-5-10-21/h3-14H,15-16H2,1-2H3. The molecule has 3 aromatic rings. The molecule has 0 bridgehead atoms. The minimum absolute atomic E-state index is 0.0851. The molecule has 168 valence electrons. The lowest BCUT2D eigenvalue weighted by Crippen LogP contribution is -2.41. The third kappa shape index (κ3) is 5.61. The number of benzene rings is 3. The molecule has 0 aliphatic carbocycles. The van der Waals surface area contributed by atoms with Crippen molar-refractivity contribution in [2.24, 2.45) is 0 Å². The molecule has 0 aliphatic heterocycles. The van der Waals surface area contributed by atoms with E-state index in [2.05, 4.69) is 0 Å². The van der Waals surface area contributed by atoms with Gasteiger partial charge in [0.1, 0.15) is 5.75 Å². The van der Waals surface area contributed by atoms with E-state index in [1.54, 1.807) is 61.6 Å². The predicted octanol–water partition coefficient (Wildman–Crippen LogP) is 4.86. The van der Waals surface area contributed by atoms with E-state index in [4.69, 9.17) is 27.9 Å². The summed E-state index contributed by atoms with van der Waals surface area (Å²) in [6.07, 6.45) is 0. The molecule has 3 aromatic carbocycles. The Morgan fingerprint density at radius 2 is 1.69 bits per heavy atom. The number of hydrogen-bond acceptors (Lipinski definition) is 4. The molecule has 0 spiro atoms. The van der Waals surface area contributed by atoms with Gasteiger partial charge in [-0.2, -0.15) is 4.31 Å². The van der Waals surface area contributed by atoms with Gasteiger partial charge in [-0.15, -0.1) is 0 Å². The van der Waals surface area contributed by atoms with Gasteiger partial charge in [0.05, 0.1) is 18.6 Å². The third-order valence-corrected chi connectivity index (χ3v) is 7.26. The molecule has 6 nitrogen and oxygen atoms in total. The van der Waals surface area contributed by atoms with Gasteiger partial charge in [0.15, 0.2) is 0 Å². The summed E-state index contributed by atoms with van der Waals surface area (Å²) in [6, 6.07) is 19.7. The van der Waals surface area contributed by atoms with Gasteiger partial charge in [0.2, 0.25) is 15.9 Å². The van der Waals surface area contributed by atoms with Crippen molar-refractivity contribution in [2.75, 3.05) is 25.6 Å². The van der Waals surface area contributed by atoms with Crippen molar-refractivity contribution in [1.29, 1.82) is 0 Å². The van der Waals surface area contributed by atoms with Crippen LogP contribution < -0.4 is 9.64 Å². The Hall–Kier alpha value is -2.58. The van der Waals surface area contributed by atoms with E-state index in [0.29, 0.717) is 27.0 Å². The fraction of sp³-hybridized carbons (Fsp3) is 0.174. The number of nitrogens with zero attached hydrogens (tertiary/aromatic N) is 2. The number of ether oxygens (including phenoxy) is 1. The van der Waals surface area contributed by atoms with Gasteiger partial charge in [-0.3, -0.25) is 4.79 Å². The van der Waals surface area contributed by atoms with E-state index in [0.717, 1.165) is 4.31 Å². The summed E-state index contributed by atoms with van der Waals surface area (Å²) in [5.74, 6) is 0.173. The van der Waals surface area contributed by atoms with Crippen LogP contribution in [0.3, 0.4) is 0 Å². The van der Waals surface area contributed by atoms with Crippen LogP contribution in [0, 0.1) is 0 Å². The molecule has 0 saturated carbocycles. The second-order valence-corrected chi connectivity index (χ2v) is 9.76. The molecule has 9 heteroatoms. The smallest absolute Gasteiger partial charge is 0.243 e. The minimum Gasteiger partial charge on any atom is -0.497 e. The van der Waals surface area contributed by atoms with Gasteiger partial charge in [0, 0.05) is 35.4 Å². The van der Waals surface area contributed by atoms with Crippen molar-refractivity contribution >= 4 is 44.8 Å².